The lowest BCUT2D eigenvalue weighted by Crippen LogP contribution is -2.17. The Morgan fingerprint density at radius 3 is 2.22 bits per heavy atom. The van der Waals surface area contributed by atoms with Crippen LogP contribution in [0.1, 0.15) is 0 Å². The molecule has 2 nitrogen and oxygen atoms in total. The van der Waals surface area contributed by atoms with Crippen molar-refractivity contribution in [3.63, 3.8) is 0 Å². The number of rotatable bonds is 5. The zero-order valence-corrected chi connectivity index (χ0v) is 8.44. The first kappa shape index (κ1) is 9.88. The maximum Gasteiger partial charge on any atom is 0.146 e. The summed E-state index contributed by atoms with van der Waals surface area (Å²) in [7, 11) is 1.61. The van der Waals surface area contributed by atoms with Crippen molar-refractivity contribution in [2.45, 2.75) is 6.10 Å². The van der Waals surface area contributed by atoms with Gasteiger partial charge in [-0.05, 0) is 0 Å². The van der Waals surface area contributed by atoms with Gasteiger partial charge in [0.05, 0.1) is 6.10 Å². The fourth-order valence-electron chi connectivity index (χ4n) is 0.295. The highest BCUT2D eigenvalue weighted by molar-refractivity contribution is 9.09. The summed E-state index contributed by atoms with van der Waals surface area (Å²) in [5.74, 6) is 0. The van der Waals surface area contributed by atoms with Crippen LogP contribution in [0.3, 0.4) is 0 Å². The first-order valence-corrected chi connectivity index (χ1v) is 4.82. The second-order valence-corrected chi connectivity index (χ2v) is 2.80. The van der Waals surface area contributed by atoms with Gasteiger partial charge < -0.3 is 9.47 Å². The van der Waals surface area contributed by atoms with Gasteiger partial charge in [-0.3, -0.25) is 0 Å². The molecule has 0 aliphatic heterocycles. The minimum absolute atomic E-state index is 0.213. The predicted molar refractivity (Wildman–Crippen MR) is 44.3 cm³/mol. The van der Waals surface area contributed by atoms with E-state index < -0.39 is 0 Å². The second kappa shape index (κ2) is 6.99. The first-order valence-electron chi connectivity index (χ1n) is 2.57. The predicted octanol–water partition coefficient (Wildman–Crippen LogP) is 1.77. The molecule has 0 aliphatic rings. The van der Waals surface area contributed by atoms with Crippen molar-refractivity contribution in [3.05, 3.63) is 0 Å². The fourth-order valence-corrected chi connectivity index (χ4v) is 1.74. The molecule has 0 N–H and O–H groups in total. The molecule has 56 valence electrons. The molecule has 0 heterocycles. The fraction of sp³-hybridized carbons (Fsp3) is 1.00. The lowest BCUT2D eigenvalue weighted by atomic mass is 10.5. The third kappa shape index (κ3) is 5.33. The Labute approximate surface area is 72.2 Å². The summed E-state index contributed by atoms with van der Waals surface area (Å²) in [5.41, 5.74) is 0. The molecule has 0 aliphatic carbocycles. The van der Waals surface area contributed by atoms with Crippen molar-refractivity contribution < 1.29 is 9.47 Å². The van der Waals surface area contributed by atoms with E-state index in [1.165, 1.54) is 0 Å². The molecule has 4 heteroatoms. The maximum absolute atomic E-state index is 5.17. The van der Waals surface area contributed by atoms with Gasteiger partial charge in [-0.25, -0.2) is 0 Å². The Morgan fingerprint density at radius 1 is 1.33 bits per heavy atom. The average Bonchev–Trinajstić information content (AvgIpc) is 1.91. The van der Waals surface area contributed by atoms with Gasteiger partial charge in [-0.1, -0.05) is 31.9 Å². The third-order valence-corrected chi connectivity index (χ3v) is 2.21. The van der Waals surface area contributed by atoms with Gasteiger partial charge in [0.1, 0.15) is 6.79 Å². The summed E-state index contributed by atoms with van der Waals surface area (Å²) in [6.45, 7) is 0.363. The van der Waals surface area contributed by atoms with Gasteiger partial charge in [0.2, 0.25) is 0 Å². The van der Waals surface area contributed by atoms with Gasteiger partial charge in [0.15, 0.2) is 0 Å². The van der Waals surface area contributed by atoms with Crippen LogP contribution < -0.4 is 0 Å². The van der Waals surface area contributed by atoms with Crippen LogP contribution in [0.5, 0.6) is 0 Å². The lowest BCUT2D eigenvalue weighted by molar-refractivity contribution is -0.0548. The molecule has 0 aromatic heterocycles. The van der Waals surface area contributed by atoms with E-state index in [1.807, 2.05) is 0 Å². The summed E-state index contributed by atoms with van der Waals surface area (Å²) in [4.78, 5) is 0. The summed E-state index contributed by atoms with van der Waals surface area (Å²) < 4.78 is 9.89. The van der Waals surface area contributed by atoms with Crippen LogP contribution in [0.25, 0.3) is 0 Å². The van der Waals surface area contributed by atoms with Gasteiger partial charge in [-0.15, -0.1) is 0 Å². The number of ether oxygens (including phenoxy) is 2. The van der Waals surface area contributed by atoms with Crippen LogP contribution in [-0.4, -0.2) is 30.7 Å². The van der Waals surface area contributed by atoms with E-state index in [9.17, 15) is 0 Å². The zero-order valence-electron chi connectivity index (χ0n) is 5.27. The Hall–Kier alpha value is 0.880. The van der Waals surface area contributed by atoms with E-state index in [0.717, 1.165) is 10.7 Å². The summed E-state index contributed by atoms with van der Waals surface area (Å²) in [6, 6.07) is 0. The molecular weight excluding hydrogens is 252 g/mol. The highest BCUT2D eigenvalue weighted by atomic mass is 79.9. The normalized spacial score (nSPS) is 10.7. The summed E-state index contributed by atoms with van der Waals surface area (Å²) in [5, 5.41) is 1.67. The Bertz CT molecular complexity index is 56.9. The molecular formula is C5H10Br2O2. The molecule has 0 amide bonds. The lowest BCUT2D eigenvalue weighted by Gasteiger charge is -2.09. The van der Waals surface area contributed by atoms with E-state index in [-0.39, 0.29) is 6.10 Å². The minimum atomic E-state index is 0.213. The molecule has 0 bridgehead atoms. The highest BCUT2D eigenvalue weighted by Gasteiger charge is 2.02. The van der Waals surface area contributed by atoms with E-state index in [0.29, 0.717) is 6.79 Å². The number of alkyl halides is 2. The first-order chi connectivity index (χ1) is 4.35. The molecule has 0 radical (unpaired) electrons. The smallest absolute Gasteiger partial charge is 0.146 e. The molecule has 0 fully saturated rings. The Kier molecular flexibility index (Phi) is 7.68. The number of methoxy groups -OCH3 is 1. The van der Waals surface area contributed by atoms with Crippen LogP contribution in [0.2, 0.25) is 0 Å². The van der Waals surface area contributed by atoms with E-state index in [2.05, 4.69) is 31.9 Å². The van der Waals surface area contributed by atoms with Gasteiger partial charge in [-0.2, -0.15) is 0 Å². The van der Waals surface area contributed by atoms with Gasteiger partial charge in [0.25, 0.3) is 0 Å². The van der Waals surface area contributed by atoms with Crippen LogP contribution in [-0.2, 0) is 9.47 Å². The Morgan fingerprint density at radius 2 is 1.89 bits per heavy atom. The average molecular weight is 262 g/mol. The zero-order chi connectivity index (χ0) is 7.11. The number of hydrogen-bond acceptors (Lipinski definition) is 2. The standard InChI is InChI=1S/C5H10Br2O2/c1-8-4-9-5(2-6)3-7/h5H,2-4H2,1H3. The van der Waals surface area contributed by atoms with Crippen molar-refractivity contribution >= 4 is 31.9 Å². The van der Waals surface area contributed by atoms with Gasteiger partial charge >= 0.3 is 0 Å². The van der Waals surface area contributed by atoms with Gasteiger partial charge in [0, 0.05) is 17.8 Å². The molecule has 0 aromatic carbocycles. The summed E-state index contributed by atoms with van der Waals surface area (Å²) in [6.07, 6.45) is 0.213. The van der Waals surface area contributed by atoms with Crippen molar-refractivity contribution in [3.8, 4) is 0 Å². The van der Waals surface area contributed by atoms with Crippen LogP contribution in [0.15, 0.2) is 0 Å². The Balaban J connectivity index is 3.09. The maximum atomic E-state index is 5.17. The number of hydrogen-bond donors (Lipinski definition) is 0. The van der Waals surface area contributed by atoms with E-state index in [1.54, 1.807) is 7.11 Å². The molecule has 0 spiro atoms. The molecule has 0 saturated carbocycles. The van der Waals surface area contributed by atoms with Crippen LogP contribution in [0, 0.1) is 0 Å². The topological polar surface area (TPSA) is 18.5 Å². The van der Waals surface area contributed by atoms with Crippen molar-refractivity contribution in [1.82, 2.24) is 0 Å². The van der Waals surface area contributed by atoms with E-state index >= 15 is 0 Å². The van der Waals surface area contributed by atoms with Crippen LogP contribution in [0.4, 0.5) is 0 Å². The molecule has 0 aromatic rings. The molecule has 0 atom stereocenters. The molecule has 9 heavy (non-hydrogen) atoms. The van der Waals surface area contributed by atoms with Crippen molar-refractivity contribution in [1.29, 1.82) is 0 Å². The SMILES string of the molecule is COCOC(CBr)CBr. The molecule has 0 unspecified atom stereocenters. The van der Waals surface area contributed by atoms with E-state index in [4.69, 9.17) is 9.47 Å². The third-order valence-electron chi connectivity index (χ3n) is 0.766. The minimum Gasteiger partial charge on any atom is -0.359 e. The summed E-state index contributed by atoms with van der Waals surface area (Å²) >= 11 is 6.59. The monoisotopic (exact) mass is 260 g/mol. The largest absolute Gasteiger partial charge is 0.359 e. The quantitative estimate of drug-likeness (QED) is 0.555. The van der Waals surface area contributed by atoms with Crippen molar-refractivity contribution in [2.24, 2.45) is 0 Å². The number of halogens is 2. The van der Waals surface area contributed by atoms with Crippen LogP contribution >= 0.6 is 31.9 Å². The van der Waals surface area contributed by atoms with Crippen molar-refractivity contribution in [2.75, 3.05) is 24.6 Å². The molecule has 0 saturated heterocycles. The highest BCUT2D eigenvalue weighted by Crippen LogP contribution is 2.00. The molecule has 0 rings (SSSR count). The second-order valence-electron chi connectivity index (χ2n) is 1.50.